The molecule has 0 aliphatic heterocycles. The number of ether oxygens (including phenoxy) is 2. The molecule has 0 aliphatic rings. The summed E-state index contributed by atoms with van der Waals surface area (Å²) in [5, 5.41) is 0. The van der Waals surface area contributed by atoms with Crippen LogP contribution in [-0.2, 0) is 0 Å². The van der Waals surface area contributed by atoms with Gasteiger partial charge in [-0.05, 0) is 35.1 Å². The smallest absolute Gasteiger partial charge is 0.161 e. The minimum Gasteiger partial charge on any atom is -0.489 e. The van der Waals surface area contributed by atoms with Crippen LogP contribution in [0.5, 0.6) is 11.5 Å². The van der Waals surface area contributed by atoms with E-state index in [1.807, 2.05) is 24.3 Å². The SMILES string of the molecule is CC(C)COc1ccc(-c2ccccc2)cc1OCC(C)C. The Kier molecular flexibility index (Phi) is 5.88. The fourth-order valence-electron chi connectivity index (χ4n) is 2.06. The highest BCUT2D eigenvalue weighted by Crippen LogP contribution is 2.33. The average molecular weight is 298 g/mol. The van der Waals surface area contributed by atoms with Crippen molar-refractivity contribution in [2.24, 2.45) is 11.8 Å². The third-order valence-corrected chi connectivity index (χ3v) is 3.20. The predicted molar refractivity (Wildman–Crippen MR) is 92.5 cm³/mol. The highest BCUT2D eigenvalue weighted by Gasteiger charge is 2.10. The van der Waals surface area contributed by atoms with Gasteiger partial charge in [0.05, 0.1) is 13.2 Å². The Morgan fingerprint density at radius 3 is 1.86 bits per heavy atom. The molecule has 2 aromatic carbocycles. The lowest BCUT2D eigenvalue weighted by Gasteiger charge is -2.16. The number of hydrogen-bond acceptors (Lipinski definition) is 2. The van der Waals surface area contributed by atoms with Gasteiger partial charge in [-0.2, -0.15) is 0 Å². The van der Waals surface area contributed by atoms with E-state index in [9.17, 15) is 0 Å². The van der Waals surface area contributed by atoms with Crippen molar-refractivity contribution in [2.45, 2.75) is 27.7 Å². The Balaban J connectivity index is 2.26. The second kappa shape index (κ2) is 7.88. The van der Waals surface area contributed by atoms with Gasteiger partial charge in [0.25, 0.3) is 0 Å². The average Bonchev–Trinajstić information content (AvgIpc) is 2.52. The van der Waals surface area contributed by atoms with Gasteiger partial charge >= 0.3 is 0 Å². The van der Waals surface area contributed by atoms with Crippen molar-refractivity contribution in [3.63, 3.8) is 0 Å². The molecule has 0 saturated heterocycles. The summed E-state index contributed by atoms with van der Waals surface area (Å²) in [7, 11) is 0. The van der Waals surface area contributed by atoms with Crippen LogP contribution in [0.3, 0.4) is 0 Å². The van der Waals surface area contributed by atoms with Gasteiger partial charge in [0.15, 0.2) is 11.5 Å². The van der Waals surface area contributed by atoms with Gasteiger partial charge in [0.2, 0.25) is 0 Å². The molecule has 118 valence electrons. The highest BCUT2D eigenvalue weighted by molar-refractivity contribution is 5.67. The van der Waals surface area contributed by atoms with Crippen LogP contribution in [0.15, 0.2) is 48.5 Å². The second-order valence-electron chi connectivity index (χ2n) is 6.44. The Labute approximate surface area is 134 Å². The van der Waals surface area contributed by atoms with Crippen molar-refractivity contribution in [3.8, 4) is 22.6 Å². The van der Waals surface area contributed by atoms with Gasteiger partial charge in [-0.1, -0.05) is 64.1 Å². The molecule has 0 amide bonds. The summed E-state index contributed by atoms with van der Waals surface area (Å²) in [6.45, 7) is 9.98. The van der Waals surface area contributed by atoms with Gasteiger partial charge in [-0.3, -0.25) is 0 Å². The van der Waals surface area contributed by atoms with Crippen molar-refractivity contribution in [1.82, 2.24) is 0 Å². The lowest BCUT2D eigenvalue weighted by Crippen LogP contribution is -2.09. The molecule has 0 aromatic heterocycles. The molecule has 0 fully saturated rings. The van der Waals surface area contributed by atoms with Crippen molar-refractivity contribution in [1.29, 1.82) is 0 Å². The van der Waals surface area contributed by atoms with Crippen LogP contribution in [-0.4, -0.2) is 13.2 Å². The van der Waals surface area contributed by atoms with Crippen LogP contribution in [0.1, 0.15) is 27.7 Å². The van der Waals surface area contributed by atoms with E-state index >= 15 is 0 Å². The number of benzene rings is 2. The van der Waals surface area contributed by atoms with E-state index in [4.69, 9.17) is 9.47 Å². The maximum absolute atomic E-state index is 5.97. The van der Waals surface area contributed by atoms with Gasteiger partial charge in [-0.15, -0.1) is 0 Å². The van der Waals surface area contributed by atoms with Crippen LogP contribution >= 0.6 is 0 Å². The molecule has 2 rings (SSSR count). The molecule has 0 N–H and O–H groups in total. The van der Waals surface area contributed by atoms with E-state index in [0.29, 0.717) is 25.0 Å². The fourth-order valence-corrected chi connectivity index (χ4v) is 2.06. The Morgan fingerprint density at radius 2 is 1.27 bits per heavy atom. The topological polar surface area (TPSA) is 18.5 Å². The van der Waals surface area contributed by atoms with Crippen LogP contribution in [0.4, 0.5) is 0 Å². The van der Waals surface area contributed by atoms with Crippen LogP contribution in [0.2, 0.25) is 0 Å². The van der Waals surface area contributed by atoms with E-state index in [-0.39, 0.29) is 0 Å². The summed E-state index contributed by atoms with van der Waals surface area (Å²) in [6, 6.07) is 16.5. The molecular weight excluding hydrogens is 272 g/mol. The second-order valence-corrected chi connectivity index (χ2v) is 6.44. The normalized spacial score (nSPS) is 11.0. The molecule has 0 radical (unpaired) electrons. The summed E-state index contributed by atoms with van der Waals surface area (Å²) >= 11 is 0. The predicted octanol–water partition coefficient (Wildman–Crippen LogP) is 5.42. The van der Waals surface area contributed by atoms with Gasteiger partial charge in [0, 0.05) is 0 Å². The van der Waals surface area contributed by atoms with Crippen LogP contribution < -0.4 is 9.47 Å². The third kappa shape index (κ3) is 4.80. The Morgan fingerprint density at radius 1 is 0.682 bits per heavy atom. The first-order valence-electron chi connectivity index (χ1n) is 8.01. The van der Waals surface area contributed by atoms with Crippen molar-refractivity contribution in [2.75, 3.05) is 13.2 Å². The lowest BCUT2D eigenvalue weighted by atomic mass is 10.1. The summed E-state index contributed by atoms with van der Waals surface area (Å²) in [6.07, 6.45) is 0. The number of rotatable bonds is 7. The Bertz CT molecular complexity index is 574. The zero-order valence-electron chi connectivity index (χ0n) is 14.0. The van der Waals surface area contributed by atoms with Gasteiger partial charge in [0.1, 0.15) is 0 Å². The third-order valence-electron chi connectivity index (χ3n) is 3.20. The monoisotopic (exact) mass is 298 g/mol. The Hall–Kier alpha value is -1.96. The summed E-state index contributed by atoms with van der Waals surface area (Å²) in [4.78, 5) is 0. The standard InChI is InChI=1S/C20H26O2/c1-15(2)13-21-19-11-10-18(17-8-6-5-7-9-17)12-20(19)22-14-16(3)4/h5-12,15-16H,13-14H2,1-4H3. The summed E-state index contributed by atoms with van der Waals surface area (Å²) < 4.78 is 11.9. The first kappa shape index (κ1) is 16.4. The lowest BCUT2D eigenvalue weighted by molar-refractivity contribution is 0.229. The number of hydrogen-bond donors (Lipinski definition) is 0. The molecule has 22 heavy (non-hydrogen) atoms. The van der Waals surface area contributed by atoms with E-state index in [1.54, 1.807) is 0 Å². The zero-order valence-corrected chi connectivity index (χ0v) is 14.0. The van der Waals surface area contributed by atoms with E-state index < -0.39 is 0 Å². The molecule has 0 unspecified atom stereocenters. The van der Waals surface area contributed by atoms with Crippen molar-refractivity contribution in [3.05, 3.63) is 48.5 Å². The largest absolute Gasteiger partial charge is 0.489 e. The zero-order chi connectivity index (χ0) is 15.9. The van der Waals surface area contributed by atoms with Crippen LogP contribution in [0, 0.1) is 11.8 Å². The molecule has 2 heteroatoms. The maximum atomic E-state index is 5.97. The summed E-state index contributed by atoms with van der Waals surface area (Å²) in [5.74, 6) is 2.63. The minimum absolute atomic E-state index is 0.485. The molecule has 0 spiro atoms. The summed E-state index contributed by atoms with van der Waals surface area (Å²) in [5.41, 5.74) is 2.34. The molecular formula is C20H26O2. The van der Waals surface area contributed by atoms with E-state index in [1.165, 1.54) is 5.56 Å². The highest BCUT2D eigenvalue weighted by atomic mass is 16.5. The van der Waals surface area contributed by atoms with Gasteiger partial charge in [-0.25, -0.2) is 0 Å². The molecule has 2 nitrogen and oxygen atoms in total. The minimum atomic E-state index is 0.485. The molecule has 0 saturated carbocycles. The van der Waals surface area contributed by atoms with E-state index in [0.717, 1.165) is 17.1 Å². The van der Waals surface area contributed by atoms with Gasteiger partial charge < -0.3 is 9.47 Å². The van der Waals surface area contributed by atoms with Crippen molar-refractivity contribution < 1.29 is 9.47 Å². The first-order valence-corrected chi connectivity index (χ1v) is 8.01. The van der Waals surface area contributed by atoms with Crippen molar-refractivity contribution >= 4 is 0 Å². The van der Waals surface area contributed by atoms with E-state index in [2.05, 4.69) is 52.0 Å². The molecule has 0 heterocycles. The fraction of sp³-hybridized carbons (Fsp3) is 0.400. The molecule has 0 atom stereocenters. The first-order chi connectivity index (χ1) is 10.6. The maximum Gasteiger partial charge on any atom is 0.161 e. The molecule has 0 aliphatic carbocycles. The molecule has 2 aromatic rings. The van der Waals surface area contributed by atoms with Crippen LogP contribution in [0.25, 0.3) is 11.1 Å². The molecule has 0 bridgehead atoms. The quantitative estimate of drug-likeness (QED) is 0.679.